The fraction of sp³-hybridized carbons (Fsp3) is 1.00. The molecule has 1 saturated heterocycles. The number of aliphatic hydroxyl groups is 1. The fourth-order valence-corrected chi connectivity index (χ4v) is 0.825. The molecule has 1 fully saturated rings. The molecule has 0 spiro atoms. The van der Waals surface area contributed by atoms with Crippen LogP contribution in [0.15, 0.2) is 0 Å². The smallest absolute Gasteiger partial charge is 0.0899 e. The third-order valence-corrected chi connectivity index (χ3v) is 1.85. The molecule has 48 valence electrons. The quantitative estimate of drug-likeness (QED) is 0.500. The van der Waals surface area contributed by atoms with Crippen LogP contribution in [0.25, 0.3) is 0 Å². The van der Waals surface area contributed by atoms with Crippen molar-refractivity contribution >= 4 is 0 Å². The highest BCUT2D eigenvalue weighted by molar-refractivity contribution is 4.84. The first kappa shape index (κ1) is 6.05. The summed E-state index contributed by atoms with van der Waals surface area (Å²) in [5.41, 5.74) is -0.569. The van der Waals surface area contributed by atoms with Gasteiger partial charge in [0, 0.05) is 13.0 Å². The molecule has 2 heteroatoms. The Morgan fingerprint density at radius 2 is 2.38 bits per heavy atom. The summed E-state index contributed by atoms with van der Waals surface area (Å²) < 4.78 is 5.12. The summed E-state index contributed by atoms with van der Waals surface area (Å²) in [5.74, 6) is 0. The van der Waals surface area contributed by atoms with E-state index in [0.29, 0.717) is 6.61 Å². The molecule has 0 bridgehead atoms. The van der Waals surface area contributed by atoms with Crippen molar-refractivity contribution in [3.05, 3.63) is 0 Å². The Hall–Kier alpha value is -0.0800. The van der Waals surface area contributed by atoms with Crippen LogP contribution in [-0.2, 0) is 4.74 Å². The molecule has 2 atom stereocenters. The lowest BCUT2D eigenvalue weighted by Crippen LogP contribution is -2.31. The van der Waals surface area contributed by atoms with Gasteiger partial charge in [0.25, 0.3) is 0 Å². The molecule has 1 heterocycles. The lowest BCUT2D eigenvalue weighted by atomic mass is 10.0. The van der Waals surface area contributed by atoms with E-state index in [9.17, 15) is 5.11 Å². The lowest BCUT2D eigenvalue weighted by molar-refractivity contribution is -0.0135. The average Bonchev–Trinajstić information content (AvgIpc) is 1.86. The zero-order chi connectivity index (χ0) is 6.20. The number of ether oxygens (including phenoxy) is 1. The van der Waals surface area contributed by atoms with Gasteiger partial charge in [0.15, 0.2) is 0 Å². The largest absolute Gasteiger partial charge is 0.387 e. The van der Waals surface area contributed by atoms with Crippen molar-refractivity contribution in [1.82, 2.24) is 0 Å². The van der Waals surface area contributed by atoms with Crippen LogP contribution >= 0.6 is 0 Å². The van der Waals surface area contributed by atoms with Crippen LogP contribution in [0.1, 0.15) is 20.3 Å². The first-order chi connectivity index (χ1) is 3.63. The van der Waals surface area contributed by atoms with Gasteiger partial charge in [-0.05, 0) is 13.8 Å². The third-order valence-electron chi connectivity index (χ3n) is 1.85. The molecule has 8 heavy (non-hydrogen) atoms. The summed E-state index contributed by atoms with van der Waals surface area (Å²) >= 11 is 0. The van der Waals surface area contributed by atoms with E-state index in [1.54, 1.807) is 0 Å². The van der Waals surface area contributed by atoms with Crippen molar-refractivity contribution < 1.29 is 9.84 Å². The van der Waals surface area contributed by atoms with Crippen molar-refractivity contribution in [1.29, 1.82) is 0 Å². The molecule has 0 saturated carbocycles. The standard InChI is InChI=1S/C6H12O2/c1-5-6(2,7)3-4-8-5/h5,7H,3-4H2,1-2H3/t5-,6?/m1/s1. The predicted octanol–water partition coefficient (Wildman–Crippen LogP) is 0.546. The van der Waals surface area contributed by atoms with Crippen LogP contribution < -0.4 is 0 Å². The molecule has 1 unspecified atom stereocenters. The molecule has 0 aromatic carbocycles. The van der Waals surface area contributed by atoms with E-state index in [2.05, 4.69) is 0 Å². The van der Waals surface area contributed by atoms with E-state index in [4.69, 9.17) is 4.74 Å². The van der Waals surface area contributed by atoms with Crippen LogP contribution in [0.2, 0.25) is 0 Å². The second-order valence-corrected chi connectivity index (χ2v) is 2.62. The van der Waals surface area contributed by atoms with Gasteiger partial charge < -0.3 is 9.84 Å². The van der Waals surface area contributed by atoms with Crippen molar-refractivity contribution in [2.75, 3.05) is 6.61 Å². The molecule has 1 N–H and O–H groups in total. The molecule has 0 aromatic rings. The van der Waals surface area contributed by atoms with Gasteiger partial charge in [0.05, 0.1) is 11.7 Å². The SMILES string of the molecule is C[C@H]1OCCC1(C)O. The van der Waals surface area contributed by atoms with Gasteiger partial charge in [0.2, 0.25) is 0 Å². The lowest BCUT2D eigenvalue weighted by Gasteiger charge is -2.19. The maximum atomic E-state index is 9.34. The van der Waals surface area contributed by atoms with E-state index in [0.717, 1.165) is 6.42 Å². The Kier molecular flexibility index (Phi) is 1.29. The first-order valence-electron chi connectivity index (χ1n) is 2.97. The Balaban J connectivity index is 2.54. The normalized spacial score (nSPS) is 47.6. The highest BCUT2D eigenvalue weighted by Crippen LogP contribution is 2.23. The fourth-order valence-electron chi connectivity index (χ4n) is 0.825. The molecular weight excluding hydrogens is 104 g/mol. The molecule has 0 amide bonds. The van der Waals surface area contributed by atoms with Crippen LogP contribution in [0.5, 0.6) is 0 Å². The minimum Gasteiger partial charge on any atom is -0.387 e. The van der Waals surface area contributed by atoms with Crippen LogP contribution in [0.4, 0.5) is 0 Å². The maximum Gasteiger partial charge on any atom is 0.0899 e. The summed E-state index contributed by atoms with van der Waals surface area (Å²) in [6.45, 7) is 4.41. The topological polar surface area (TPSA) is 29.5 Å². The molecule has 1 rings (SSSR count). The van der Waals surface area contributed by atoms with Gasteiger partial charge in [0.1, 0.15) is 0 Å². The maximum absolute atomic E-state index is 9.34. The third kappa shape index (κ3) is 0.858. The minimum atomic E-state index is -0.569. The summed E-state index contributed by atoms with van der Waals surface area (Å²) in [7, 11) is 0. The van der Waals surface area contributed by atoms with Gasteiger partial charge in [-0.1, -0.05) is 0 Å². The Bertz CT molecular complexity index is 88.5. The number of hydrogen-bond acceptors (Lipinski definition) is 2. The molecular formula is C6H12O2. The molecule has 1 aliphatic rings. The van der Waals surface area contributed by atoms with Gasteiger partial charge in [-0.15, -0.1) is 0 Å². The number of rotatable bonds is 0. The summed E-state index contributed by atoms with van der Waals surface area (Å²) in [5, 5.41) is 9.34. The summed E-state index contributed by atoms with van der Waals surface area (Å²) in [4.78, 5) is 0. The van der Waals surface area contributed by atoms with Crippen molar-refractivity contribution in [2.24, 2.45) is 0 Å². The zero-order valence-electron chi connectivity index (χ0n) is 5.35. The molecule has 0 aromatic heterocycles. The van der Waals surface area contributed by atoms with Crippen LogP contribution in [0, 0.1) is 0 Å². The monoisotopic (exact) mass is 116 g/mol. The van der Waals surface area contributed by atoms with Crippen LogP contribution in [-0.4, -0.2) is 23.4 Å². The Morgan fingerprint density at radius 1 is 1.75 bits per heavy atom. The molecule has 0 aliphatic carbocycles. The highest BCUT2D eigenvalue weighted by atomic mass is 16.5. The van der Waals surface area contributed by atoms with Crippen molar-refractivity contribution in [3.63, 3.8) is 0 Å². The van der Waals surface area contributed by atoms with Gasteiger partial charge in [-0.25, -0.2) is 0 Å². The summed E-state index contributed by atoms with van der Waals surface area (Å²) in [6.07, 6.45) is 0.788. The number of hydrogen-bond donors (Lipinski definition) is 1. The van der Waals surface area contributed by atoms with E-state index in [-0.39, 0.29) is 6.10 Å². The zero-order valence-corrected chi connectivity index (χ0v) is 5.35. The second-order valence-electron chi connectivity index (χ2n) is 2.62. The van der Waals surface area contributed by atoms with E-state index in [1.165, 1.54) is 0 Å². The van der Waals surface area contributed by atoms with Gasteiger partial charge in [-0.2, -0.15) is 0 Å². The second kappa shape index (κ2) is 1.71. The van der Waals surface area contributed by atoms with E-state index < -0.39 is 5.60 Å². The minimum absolute atomic E-state index is 0.0162. The summed E-state index contributed by atoms with van der Waals surface area (Å²) in [6, 6.07) is 0. The van der Waals surface area contributed by atoms with Gasteiger partial charge in [-0.3, -0.25) is 0 Å². The average molecular weight is 116 g/mol. The van der Waals surface area contributed by atoms with E-state index in [1.807, 2.05) is 13.8 Å². The van der Waals surface area contributed by atoms with Crippen molar-refractivity contribution in [2.45, 2.75) is 32.0 Å². The molecule has 2 nitrogen and oxygen atoms in total. The van der Waals surface area contributed by atoms with Crippen LogP contribution in [0.3, 0.4) is 0 Å². The van der Waals surface area contributed by atoms with E-state index >= 15 is 0 Å². The Morgan fingerprint density at radius 3 is 2.50 bits per heavy atom. The van der Waals surface area contributed by atoms with Crippen molar-refractivity contribution in [3.8, 4) is 0 Å². The predicted molar refractivity (Wildman–Crippen MR) is 30.7 cm³/mol. The Labute approximate surface area is 49.5 Å². The van der Waals surface area contributed by atoms with Gasteiger partial charge >= 0.3 is 0 Å². The highest BCUT2D eigenvalue weighted by Gasteiger charge is 2.34. The first-order valence-corrected chi connectivity index (χ1v) is 2.97. The molecule has 1 aliphatic heterocycles. The molecule has 0 radical (unpaired) electrons.